The number of rotatable bonds is 5. The molecule has 0 aliphatic carbocycles. The van der Waals surface area contributed by atoms with Crippen molar-refractivity contribution in [2.24, 2.45) is 0 Å². The lowest BCUT2D eigenvalue weighted by molar-refractivity contribution is 0.477. The first kappa shape index (κ1) is 21.7. The van der Waals surface area contributed by atoms with Crippen molar-refractivity contribution in [1.82, 2.24) is 14.8 Å². The number of aromatic nitrogens is 3. The zero-order chi connectivity index (χ0) is 24.5. The quantitative estimate of drug-likeness (QED) is 0.287. The van der Waals surface area contributed by atoms with Crippen LogP contribution in [0.3, 0.4) is 0 Å². The Balaban J connectivity index is 1.79. The van der Waals surface area contributed by atoms with Crippen LogP contribution in [0.2, 0.25) is 0 Å². The zero-order valence-corrected chi connectivity index (χ0v) is 19.4. The van der Waals surface area contributed by atoms with Gasteiger partial charge in [0.05, 0.1) is 5.52 Å². The second-order valence-corrected chi connectivity index (χ2v) is 8.68. The molecule has 0 unspecified atom stereocenters. The van der Waals surface area contributed by atoms with Crippen molar-refractivity contribution >= 4 is 16.9 Å². The third-order valence-corrected chi connectivity index (χ3v) is 6.56. The molecule has 0 bridgehead atoms. The molecule has 0 atom stereocenters. The summed E-state index contributed by atoms with van der Waals surface area (Å²) < 4.78 is 15.8. The summed E-state index contributed by atoms with van der Waals surface area (Å²) in [7, 11) is 0. The Bertz CT molecular complexity index is 1530. The molecule has 6 aromatic rings. The molecule has 2 aromatic heterocycles. The molecule has 6 rings (SSSR count). The largest absolute Gasteiger partial charge is 0.384 e. The van der Waals surface area contributed by atoms with E-state index < -0.39 is 5.54 Å². The lowest BCUT2D eigenvalue weighted by atomic mass is 9.77. The van der Waals surface area contributed by atoms with Gasteiger partial charge >= 0.3 is 0 Å². The highest BCUT2D eigenvalue weighted by Gasteiger charge is 2.41. The number of anilines is 1. The Hall–Kier alpha value is -4.77. The first-order valence-corrected chi connectivity index (χ1v) is 11.8. The smallest absolute Gasteiger partial charge is 0.138 e. The van der Waals surface area contributed by atoms with Crippen molar-refractivity contribution < 1.29 is 4.39 Å². The first-order chi connectivity index (χ1) is 17.7. The van der Waals surface area contributed by atoms with Crippen LogP contribution < -0.4 is 5.73 Å². The molecule has 2 N–H and O–H groups in total. The molecule has 0 aliphatic rings. The van der Waals surface area contributed by atoms with E-state index in [0.29, 0.717) is 17.0 Å². The predicted molar refractivity (Wildman–Crippen MR) is 142 cm³/mol. The van der Waals surface area contributed by atoms with Gasteiger partial charge < -0.3 is 5.73 Å². The van der Waals surface area contributed by atoms with E-state index in [1.807, 2.05) is 65.3 Å². The van der Waals surface area contributed by atoms with E-state index in [1.54, 1.807) is 18.2 Å². The molecule has 0 spiro atoms. The highest BCUT2D eigenvalue weighted by atomic mass is 19.1. The fraction of sp³-hybridized carbons (Fsp3) is 0.0323. The monoisotopic (exact) mass is 470 g/mol. The van der Waals surface area contributed by atoms with Gasteiger partial charge in [-0.1, -0.05) is 91.0 Å². The minimum Gasteiger partial charge on any atom is -0.384 e. The van der Waals surface area contributed by atoms with E-state index in [9.17, 15) is 4.39 Å². The van der Waals surface area contributed by atoms with Gasteiger partial charge in [-0.2, -0.15) is 5.10 Å². The maximum atomic E-state index is 13.8. The van der Waals surface area contributed by atoms with Gasteiger partial charge in [-0.25, -0.2) is 14.1 Å². The molecular formula is C31H23FN4. The maximum Gasteiger partial charge on any atom is 0.138 e. The standard InChI is InChI=1S/C31H23FN4/c32-26-18-16-22(17-19-26)29-30-27(20-21-28(33)34-30)36(35-29)31(23-10-4-1-5-11-23,24-12-6-2-7-13-24)25-14-8-3-9-15-25/h1-21H,(H2,33,34). The molecule has 0 fully saturated rings. The highest BCUT2D eigenvalue weighted by Crippen LogP contribution is 2.43. The molecule has 0 radical (unpaired) electrons. The molecule has 2 heterocycles. The van der Waals surface area contributed by atoms with E-state index >= 15 is 0 Å². The average Bonchev–Trinajstić information content (AvgIpc) is 3.30. The Labute approximate surface area is 208 Å². The molecule has 0 amide bonds. The molecule has 0 saturated carbocycles. The van der Waals surface area contributed by atoms with Gasteiger partial charge in [0.15, 0.2) is 0 Å². The van der Waals surface area contributed by atoms with E-state index in [0.717, 1.165) is 27.8 Å². The molecule has 4 aromatic carbocycles. The summed E-state index contributed by atoms with van der Waals surface area (Å²) in [5.74, 6) is 0.0947. The predicted octanol–water partition coefficient (Wildman–Crippen LogP) is 6.66. The third kappa shape index (κ3) is 3.45. The number of fused-ring (bicyclic) bond motifs is 1. The molecule has 4 nitrogen and oxygen atoms in total. The van der Waals surface area contributed by atoms with Crippen LogP contribution in [0.4, 0.5) is 10.2 Å². The molecular weight excluding hydrogens is 447 g/mol. The fourth-order valence-electron chi connectivity index (χ4n) is 4.98. The first-order valence-electron chi connectivity index (χ1n) is 11.8. The summed E-state index contributed by atoms with van der Waals surface area (Å²) in [5.41, 5.74) is 11.4. The van der Waals surface area contributed by atoms with Crippen LogP contribution in [0.15, 0.2) is 127 Å². The molecule has 0 saturated heterocycles. The average molecular weight is 471 g/mol. The van der Waals surface area contributed by atoms with Gasteiger partial charge in [0.25, 0.3) is 0 Å². The number of nitrogen functional groups attached to an aromatic ring is 1. The summed E-state index contributed by atoms with van der Waals surface area (Å²) in [6.07, 6.45) is 0. The van der Waals surface area contributed by atoms with Crippen LogP contribution in [0, 0.1) is 5.82 Å². The van der Waals surface area contributed by atoms with Crippen LogP contribution in [0.25, 0.3) is 22.3 Å². The Morgan fingerprint density at radius 2 is 1.11 bits per heavy atom. The van der Waals surface area contributed by atoms with Gasteiger partial charge in [0.1, 0.15) is 28.4 Å². The third-order valence-electron chi connectivity index (χ3n) is 6.56. The van der Waals surface area contributed by atoms with Crippen LogP contribution in [-0.2, 0) is 5.54 Å². The molecule has 0 aliphatic heterocycles. The Morgan fingerprint density at radius 3 is 1.61 bits per heavy atom. The minimum atomic E-state index is -0.807. The summed E-state index contributed by atoms with van der Waals surface area (Å²) in [6.45, 7) is 0. The second-order valence-electron chi connectivity index (χ2n) is 8.68. The van der Waals surface area contributed by atoms with E-state index in [4.69, 9.17) is 15.8 Å². The summed E-state index contributed by atoms with van der Waals surface area (Å²) in [6, 6.07) is 41.1. The number of nitrogens with two attached hydrogens (primary N) is 1. The normalized spacial score (nSPS) is 11.6. The van der Waals surface area contributed by atoms with Crippen molar-refractivity contribution in [2.75, 3.05) is 5.73 Å². The SMILES string of the molecule is Nc1ccc2c(n1)c(-c1ccc(F)cc1)nn2C(c1ccccc1)(c1ccccc1)c1ccccc1. The number of nitrogens with zero attached hydrogens (tertiary/aromatic N) is 3. The molecule has 5 heteroatoms. The van der Waals surface area contributed by atoms with Gasteiger partial charge in [-0.05, 0) is 53.1 Å². The molecule has 36 heavy (non-hydrogen) atoms. The summed E-state index contributed by atoms with van der Waals surface area (Å²) in [4.78, 5) is 4.69. The maximum absolute atomic E-state index is 13.8. The van der Waals surface area contributed by atoms with Crippen LogP contribution in [0.1, 0.15) is 16.7 Å². The van der Waals surface area contributed by atoms with Crippen LogP contribution in [0.5, 0.6) is 0 Å². The second kappa shape index (κ2) is 8.78. The van der Waals surface area contributed by atoms with Crippen molar-refractivity contribution in [3.05, 3.63) is 150 Å². The van der Waals surface area contributed by atoms with Gasteiger partial charge in [-0.15, -0.1) is 0 Å². The molecule has 174 valence electrons. The van der Waals surface area contributed by atoms with Gasteiger partial charge in [-0.3, -0.25) is 0 Å². The lowest BCUT2D eigenvalue weighted by Gasteiger charge is -2.37. The zero-order valence-electron chi connectivity index (χ0n) is 19.4. The van der Waals surface area contributed by atoms with Crippen LogP contribution >= 0.6 is 0 Å². The Morgan fingerprint density at radius 1 is 0.611 bits per heavy atom. The van der Waals surface area contributed by atoms with E-state index in [2.05, 4.69) is 36.4 Å². The lowest BCUT2D eigenvalue weighted by Crippen LogP contribution is -2.38. The summed E-state index contributed by atoms with van der Waals surface area (Å²) in [5, 5.41) is 5.21. The summed E-state index contributed by atoms with van der Waals surface area (Å²) >= 11 is 0. The topological polar surface area (TPSA) is 56.7 Å². The van der Waals surface area contributed by atoms with Crippen molar-refractivity contribution in [3.63, 3.8) is 0 Å². The van der Waals surface area contributed by atoms with Crippen molar-refractivity contribution in [1.29, 1.82) is 0 Å². The van der Waals surface area contributed by atoms with Gasteiger partial charge in [0, 0.05) is 5.56 Å². The van der Waals surface area contributed by atoms with Gasteiger partial charge in [0.2, 0.25) is 0 Å². The van der Waals surface area contributed by atoms with E-state index in [1.165, 1.54) is 12.1 Å². The number of hydrogen-bond donors (Lipinski definition) is 1. The van der Waals surface area contributed by atoms with E-state index in [-0.39, 0.29) is 5.82 Å². The van der Waals surface area contributed by atoms with Crippen LogP contribution in [-0.4, -0.2) is 14.8 Å². The number of pyridine rings is 1. The Kier molecular flexibility index (Phi) is 5.30. The fourth-order valence-corrected chi connectivity index (χ4v) is 4.98. The number of hydrogen-bond acceptors (Lipinski definition) is 3. The minimum absolute atomic E-state index is 0.304. The van der Waals surface area contributed by atoms with Crippen molar-refractivity contribution in [2.45, 2.75) is 5.54 Å². The number of benzene rings is 4. The number of halogens is 1. The highest BCUT2D eigenvalue weighted by molar-refractivity contribution is 5.91. The van der Waals surface area contributed by atoms with Crippen molar-refractivity contribution in [3.8, 4) is 11.3 Å².